The standard InChI is InChI=1S/C16H19ClN2O2S/c1-19(12-6-3-2-4-7-12)22(20,21)15-10-9-14(17)16-13(15)8-5-11-18-16/h5,8-12H,2-4,6-7H2,1H3. The summed E-state index contributed by atoms with van der Waals surface area (Å²) in [7, 11) is -1.86. The molecule has 1 saturated carbocycles. The van der Waals surface area contributed by atoms with Gasteiger partial charge in [-0.05, 0) is 37.1 Å². The lowest BCUT2D eigenvalue weighted by Crippen LogP contribution is -2.38. The van der Waals surface area contributed by atoms with Crippen LogP contribution < -0.4 is 0 Å². The van der Waals surface area contributed by atoms with E-state index >= 15 is 0 Å². The second-order valence-electron chi connectivity index (χ2n) is 5.76. The Bertz CT molecular complexity index is 786. The summed E-state index contributed by atoms with van der Waals surface area (Å²) >= 11 is 6.14. The van der Waals surface area contributed by atoms with E-state index in [2.05, 4.69) is 4.98 Å². The first-order valence-corrected chi connectivity index (χ1v) is 9.35. The molecule has 2 aromatic rings. The Morgan fingerprint density at radius 3 is 2.64 bits per heavy atom. The Balaban J connectivity index is 2.07. The van der Waals surface area contributed by atoms with Crippen LogP contribution in [-0.2, 0) is 10.0 Å². The van der Waals surface area contributed by atoms with Gasteiger partial charge in [0.15, 0.2) is 0 Å². The van der Waals surface area contributed by atoms with Gasteiger partial charge in [0.25, 0.3) is 0 Å². The molecule has 1 aliphatic carbocycles. The van der Waals surface area contributed by atoms with E-state index in [4.69, 9.17) is 11.6 Å². The molecule has 0 amide bonds. The van der Waals surface area contributed by atoms with Crippen LogP contribution in [0.15, 0.2) is 35.4 Å². The van der Waals surface area contributed by atoms with Gasteiger partial charge in [-0.2, -0.15) is 4.31 Å². The molecule has 0 spiro atoms. The number of fused-ring (bicyclic) bond motifs is 1. The van der Waals surface area contributed by atoms with Crippen molar-refractivity contribution in [3.05, 3.63) is 35.5 Å². The molecule has 0 unspecified atom stereocenters. The number of benzene rings is 1. The fraction of sp³-hybridized carbons (Fsp3) is 0.438. The quantitative estimate of drug-likeness (QED) is 0.854. The van der Waals surface area contributed by atoms with Gasteiger partial charge < -0.3 is 0 Å². The molecule has 1 fully saturated rings. The molecule has 1 aromatic carbocycles. The summed E-state index contributed by atoms with van der Waals surface area (Å²) in [5.41, 5.74) is 0.530. The number of nitrogens with zero attached hydrogens (tertiary/aromatic N) is 2. The molecule has 4 nitrogen and oxygen atoms in total. The van der Waals surface area contributed by atoms with Gasteiger partial charge in [0, 0.05) is 24.7 Å². The summed E-state index contributed by atoms with van der Waals surface area (Å²) < 4.78 is 27.6. The molecule has 1 heterocycles. The van der Waals surface area contributed by atoms with Gasteiger partial charge in [-0.3, -0.25) is 4.98 Å². The molecule has 1 aromatic heterocycles. The SMILES string of the molecule is CN(C1CCCCC1)S(=O)(=O)c1ccc(Cl)c2ncccc12. The zero-order chi connectivity index (χ0) is 15.7. The minimum Gasteiger partial charge on any atom is -0.255 e. The van der Waals surface area contributed by atoms with Crippen molar-refractivity contribution in [2.24, 2.45) is 0 Å². The molecule has 0 radical (unpaired) electrons. The lowest BCUT2D eigenvalue weighted by Gasteiger charge is -2.30. The molecule has 118 valence electrons. The van der Waals surface area contributed by atoms with Crippen LogP contribution in [0, 0.1) is 0 Å². The summed E-state index contributed by atoms with van der Waals surface area (Å²) in [6.45, 7) is 0. The zero-order valence-electron chi connectivity index (χ0n) is 12.5. The Hall–Kier alpha value is -1.17. The van der Waals surface area contributed by atoms with Crippen LogP contribution in [0.1, 0.15) is 32.1 Å². The highest BCUT2D eigenvalue weighted by molar-refractivity contribution is 7.89. The average molecular weight is 339 g/mol. The highest BCUT2D eigenvalue weighted by Gasteiger charge is 2.30. The molecule has 0 N–H and O–H groups in total. The normalized spacial score (nSPS) is 17.2. The maximum atomic E-state index is 13.0. The Morgan fingerprint density at radius 1 is 1.18 bits per heavy atom. The maximum absolute atomic E-state index is 13.0. The second kappa shape index (κ2) is 6.14. The summed E-state index contributed by atoms with van der Waals surface area (Å²) in [6, 6.07) is 6.77. The number of halogens is 1. The molecule has 1 aliphatic rings. The second-order valence-corrected chi connectivity index (χ2v) is 8.13. The molecule has 0 bridgehead atoms. The topological polar surface area (TPSA) is 50.3 Å². The highest BCUT2D eigenvalue weighted by atomic mass is 35.5. The van der Waals surface area contributed by atoms with Crippen molar-refractivity contribution in [1.82, 2.24) is 9.29 Å². The van der Waals surface area contributed by atoms with Crippen LogP contribution in [-0.4, -0.2) is 30.8 Å². The maximum Gasteiger partial charge on any atom is 0.243 e. The van der Waals surface area contributed by atoms with E-state index in [9.17, 15) is 8.42 Å². The third-order valence-corrected chi connectivity index (χ3v) is 6.70. The largest absolute Gasteiger partial charge is 0.255 e. The van der Waals surface area contributed by atoms with Gasteiger partial charge in [0.1, 0.15) is 0 Å². The van der Waals surface area contributed by atoms with E-state index in [1.54, 1.807) is 37.5 Å². The fourth-order valence-electron chi connectivity index (χ4n) is 3.13. The predicted octanol–water partition coefficient (Wildman–Crippen LogP) is 3.84. The first-order valence-electron chi connectivity index (χ1n) is 7.53. The van der Waals surface area contributed by atoms with Crippen LogP contribution in [0.2, 0.25) is 5.02 Å². The van der Waals surface area contributed by atoms with Crippen LogP contribution in [0.25, 0.3) is 10.9 Å². The van der Waals surface area contributed by atoms with E-state index in [1.165, 1.54) is 10.7 Å². The van der Waals surface area contributed by atoms with Gasteiger partial charge in [-0.25, -0.2) is 8.42 Å². The van der Waals surface area contributed by atoms with Crippen molar-refractivity contribution in [1.29, 1.82) is 0 Å². The third-order valence-electron chi connectivity index (χ3n) is 4.43. The van der Waals surface area contributed by atoms with Gasteiger partial charge >= 0.3 is 0 Å². The van der Waals surface area contributed by atoms with Gasteiger partial charge in [0.05, 0.1) is 15.4 Å². The van der Waals surface area contributed by atoms with Crippen molar-refractivity contribution in [3.63, 3.8) is 0 Å². The first kappa shape index (κ1) is 15.7. The average Bonchev–Trinajstić information content (AvgIpc) is 2.55. The minimum atomic E-state index is -3.55. The van der Waals surface area contributed by atoms with E-state index in [0.717, 1.165) is 25.7 Å². The zero-order valence-corrected chi connectivity index (χ0v) is 14.1. The summed E-state index contributed by atoms with van der Waals surface area (Å²) in [5.74, 6) is 0. The lowest BCUT2D eigenvalue weighted by atomic mass is 9.96. The Labute approximate surface area is 136 Å². The Kier molecular flexibility index (Phi) is 4.39. The number of sulfonamides is 1. The number of aromatic nitrogens is 1. The van der Waals surface area contributed by atoms with Crippen molar-refractivity contribution >= 4 is 32.5 Å². The van der Waals surface area contributed by atoms with Gasteiger partial charge in [-0.1, -0.05) is 30.9 Å². The third kappa shape index (κ3) is 2.73. The van der Waals surface area contributed by atoms with E-state index in [0.29, 0.717) is 15.9 Å². The van der Waals surface area contributed by atoms with Crippen molar-refractivity contribution in [2.45, 2.75) is 43.0 Å². The summed E-state index contributed by atoms with van der Waals surface area (Å²) in [6.07, 6.45) is 6.85. The molecule has 6 heteroatoms. The number of hydrogen-bond donors (Lipinski definition) is 0. The molecule has 0 saturated heterocycles. The van der Waals surface area contributed by atoms with Crippen LogP contribution >= 0.6 is 11.6 Å². The Morgan fingerprint density at radius 2 is 1.91 bits per heavy atom. The molecule has 3 rings (SSSR count). The first-order chi connectivity index (χ1) is 10.5. The van der Waals surface area contributed by atoms with Crippen LogP contribution in [0.3, 0.4) is 0 Å². The van der Waals surface area contributed by atoms with Crippen molar-refractivity contribution < 1.29 is 8.42 Å². The smallest absolute Gasteiger partial charge is 0.243 e. The summed E-state index contributed by atoms with van der Waals surface area (Å²) in [5, 5.41) is 1.05. The minimum absolute atomic E-state index is 0.0844. The van der Waals surface area contributed by atoms with E-state index in [-0.39, 0.29) is 10.9 Å². The van der Waals surface area contributed by atoms with Crippen LogP contribution in [0.5, 0.6) is 0 Å². The fourth-order valence-corrected chi connectivity index (χ4v) is 4.94. The summed E-state index contributed by atoms with van der Waals surface area (Å²) in [4.78, 5) is 4.50. The van der Waals surface area contributed by atoms with Crippen molar-refractivity contribution in [2.75, 3.05) is 7.05 Å². The number of rotatable bonds is 3. The van der Waals surface area contributed by atoms with Crippen molar-refractivity contribution in [3.8, 4) is 0 Å². The van der Waals surface area contributed by atoms with Gasteiger partial charge in [-0.15, -0.1) is 0 Å². The molecule has 0 aliphatic heterocycles. The van der Waals surface area contributed by atoms with Gasteiger partial charge in [0.2, 0.25) is 10.0 Å². The molecular formula is C16H19ClN2O2S. The van der Waals surface area contributed by atoms with Crippen LogP contribution in [0.4, 0.5) is 0 Å². The number of pyridine rings is 1. The van der Waals surface area contributed by atoms with E-state index in [1.807, 2.05) is 0 Å². The highest BCUT2D eigenvalue weighted by Crippen LogP contribution is 2.32. The monoisotopic (exact) mass is 338 g/mol. The number of hydrogen-bond acceptors (Lipinski definition) is 3. The lowest BCUT2D eigenvalue weighted by molar-refractivity contribution is 0.286. The molecule has 0 atom stereocenters. The van der Waals surface area contributed by atoms with E-state index < -0.39 is 10.0 Å². The predicted molar refractivity (Wildman–Crippen MR) is 88.6 cm³/mol. The molecule has 22 heavy (non-hydrogen) atoms. The molecular weight excluding hydrogens is 320 g/mol.